The largest absolute Gasteiger partial charge is 0.429 e. The summed E-state index contributed by atoms with van der Waals surface area (Å²) in [6.45, 7) is 0. The predicted molar refractivity (Wildman–Crippen MR) is 61.8 cm³/mol. The highest BCUT2D eigenvalue weighted by atomic mass is 79.9. The van der Waals surface area contributed by atoms with Crippen LogP contribution in [0.3, 0.4) is 0 Å². The molecule has 0 atom stereocenters. The van der Waals surface area contributed by atoms with Gasteiger partial charge in [-0.05, 0) is 55.3 Å². The summed E-state index contributed by atoms with van der Waals surface area (Å²) in [7, 11) is 0. The van der Waals surface area contributed by atoms with Crippen molar-refractivity contribution in [2.75, 3.05) is 0 Å². The minimum atomic E-state index is 0.517. The van der Waals surface area contributed by atoms with Gasteiger partial charge in [-0.25, -0.2) is 0 Å². The van der Waals surface area contributed by atoms with E-state index in [0.29, 0.717) is 9.11 Å². The fraction of sp³-hybridized carbons (Fsp3) is 0. The average Bonchev–Trinajstić information content (AvgIpc) is 2.56. The zero-order valence-electron chi connectivity index (χ0n) is 6.78. The van der Waals surface area contributed by atoms with Crippen LogP contribution in [0.5, 0.6) is 10.9 Å². The van der Waals surface area contributed by atoms with Crippen LogP contribution in [0.15, 0.2) is 32.7 Å². The number of hydrogen-bond acceptors (Lipinski definition) is 4. The molecule has 0 saturated carbocycles. The van der Waals surface area contributed by atoms with Gasteiger partial charge in [0.15, 0.2) is 3.92 Å². The van der Waals surface area contributed by atoms with Gasteiger partial charge < -0.3 is 4.74 Å². The molecule has 72 valence electrons. The Morgan fingerprint density at radius 3 is 2.57 bits per heavy atom. The molecule has 0 unspecified atom stereocenters. The third-order valence-electron chi connectivity index (χ3n) is 1.42. The highest BCUT2D eigenvalue weighted by molar-refractivity contribution is 9.11. The van der Waals surface area contributed by atoms with Crippen molar-refractivity contribution in [1.29, 1.82) is 0 Å². The van der Waals surface area contributed by atoms with Crippen molar-refractivity contribution >= 4 is 43.2 Å². The molecular weight excluding hydrogens is 332 g/mol. The Bertz CT molecular complexity index is 446. The Labute approximate surface area is 101 Å². The molecule has 14 heavy (non-hydrogen) atoms. The molecule has 0 aliphatic rings. The van der Waals surface area contributed by atoms with Crippen LogP contribution in [0, 0.1) is 0 Å². The van der Waals surface area contributed by atoms with Gasteiger partial charge in [-0.2, -0.15) is 0 Å². The maximum atomic E-state index is 5.50. The van der Waals surface area contributed by atoms with Gasteiger partial charge in [-0.1, -0.05) is 17.2 Å². The van der Waals surface area contributed by atoms with Crippen molar-refractivity contribution in [2.45, 2.75) is 0 Å². The topological polar surface area (TPSA) is 35.0 Å². The second-order valence-electron chi connectivity index (χ2n) is 2.35. The summed E-state index contributed by atoms with van der Waals surface area (Å²) in [5, 5.41) is 8.14. The molecule has 0 fully saturated rings. The second-order valence-corrected chi connectivity index (χ2v) is 5.42. The summed E-state index contributed by atoms with van der Waals surface area (Å²) in [4.78, 5) is 0. The first-order valence-electron chi connectivity index (χ1n) is 3.67. The van der Waals surface area contributed by atoms with Gasteiger partial charge in [-0.3, -0.25) is 0 Å². The molecule has 3 nitrogen and oxygen atoms in total. The minimum Gasteiger partial charge on any atom is -0.429 e. The van der Waals surface area contributed by atoms with Crippen molar-refractivity contribution in [1.82, 2.24) is 10.2 Å². The molecule has 6 heteroatoms. The van der Waals surface area contributed by atoms with Crippen LogP contribution in [0.25, 0.3) is 0 Å². The van der Waals surface area contributed by atoms with Crippen molar-refractivity contribution in [3.63, 3.8) is 0 Å². The van der Waals surface area contributed by atoms with Crippen molar-refractivity contribution < 1.29 is 4.74 Å². The molecule has 0 aliphatic heterocycles. The number of nitrogens with zero attached hydrogens (tertiary/aromatic N) is 2. The molecule has 1 aromatic carbocycles. The smallest absolute Gasteiger partial charge is 0.300 e. The zero-order chi connectivity index (χ0) is 9.97. The molecule has 1 heterocycles. The monoisotopic (exact) mass is 334 g/mol. The van der Waals surface area contributed by atoms with E-state index < -0.39 is 0 Å². The number of rotatable bonds is 2. The van der Waals surface area contributed by atoms with Crippen LogP contribution in [-0.2, 0) is 0 Å². The predicted octanol–water partition coefficient (Wildman–Crippen LogP) is 3.86. The molecule has 0 bridgehead atoms. The number of para-hydroxylation sites is 1. The summed E-state index contributed by atoms with van der Waals surface area (Å²) in [6, 6.07) is 7.59. The summed E-state index contributed by atoms with van der Waals surface area (Å²) >= 11 is 7.94. The molecule has 1 aromatic heterocycles. The first kappa shape index (κ1) is 10.1. The van der Waals surface area contributed by atoms with Crippen LogP contribution < -0.4 is 4.74 Å². The van der Waals surface area contributed by atoms with Gasteiger partial charge in [0.05, 0.1) is 4.47 Å². The Balaban J connectivity index is 2.23. The summed E-state index contributed by atoms with van der Waals surface area (Å²) in [6.07, 6.45) is 0. The quantitative estimate of drug-likeness (QED) is 0.836. The van der Waals surface area contributed by atoms with Gasteiger partial charge in [0.2, 0.25) is 0 Å². The molecule has 0 aliphatic carbocycles. The van der Waals surface area contributed by atoms with Crippen molar-refractivity contribution in [2.24, 2.45) is 0 Å². The SMILES string of the molecule is Brc1nnc(Oc2ccccc2Br)s1. The van der Waals surface area contributed by atoms with Crippen molar-refractivity contribution in [3.05, 3.63) is 32.7 Å². The van der Waals surface area contributed by atoms with Crippen LogP contribution in [0.2, 0.25) is 0 Å². The minimum absolute atomic E-state index is 0.517. The van der Waals surface area contributed by atoms with E-state index >= 15 is 0 Å². The molecule has 0 amide bonds. The summed E-state index contributed by atoms with van der Waals surface area (Å²) < 4.78 is 7.10. The number of hydrogen-bond donors (Lipinski definition) is 0. The Morgan fingerprint density at radius 1 is 1.14 bits per heavy atom. The van der Waals surface area contributed by atoms with Crippen LogP contribution in [0.1, 0.15) is 0 Å². The lowest BCUT2D eigenvalue weighted by Crippen LogP contribution is -1.83. The van der Waals surface area contributed by atoms with Gasteiger partial charge in [0.1, 0.15) is 5.75 Å². The van der Waals surface area contributed by atoms with Gasteiger partial charge in [0.25, 0.3) is 5.19 Å². The second kappa shape index (κ2) is 4.37. The Hall–Kier alpha value is -0.460. The van der Waals surface area contributed by atoms with Gasteiger partial charge >= 0.3 is 0 Å². The summed E-state index contributed by atoms with van der Waals surface area (Å²) in [5.74, 6) is 0.733. The number of halogens is 2. The Kier molecular flexibility index (Phi) is 3.15. The van der Waals surface area contributed by atoms with Crippen LogP contribution in [0.4, 0.5) is 0 Å². The van der Waals surface area contributed by atoms with E-state index in [0.717, 1.165) is 10.2 Å². The molecule has 0 spiro atoms. The van der Waals surface area contributed by atoms with E-state index in [9.17, 15) is 0 Å². The molecule has 2 rings (SSSR count). The van der Waals surface area contributed by atoms with E-state index in [1.165, 1.54) is 11.3 Å². The third-order valence-corrected chi connectivity index (χ3v) is 3.30. The average molecular weight is 336 g/mol. The highest BCUT2D eigenvalue weighted by Gasteiger charge is 2.05. The number of benzene rings is 1. The lowest BCUT2D eigenvalue weighted by atomic mass is 10.3. The number of ether oxygens (including phenoxy) is 1. The van der Waals surface area contributed by atoms with E-state index in [2.05, 4.69) is 42.1 Å². The molecular formula is C8H4Br2N2OS. The molecule has 0 radical (unpaired) electrons. The lowest BCUT2D eigenvalue weighted by Gasteiger charge is -2.01. The maximum absolute atomic E-state index is 5.50. The number of aromatic nitrogens is 2. The van der Waals surface area contributed by atoms with Crippen LogP contribution in [-0.4, -0.2) is 10.2 Å². The van der Waals surface area contributed by atoms with Crippen molar-refractivity contribution in [3.8, 4) is 10.9 Å². The highest BCUT2D eigenvalue weighted by Crippen LogP contribution is 2.31. The lowest BCUT2D eigenvalue weighted by molar-refractivity contribution is 0.470. The van der Waals surface area contributed by atoms with Crippen LogP contribution >= 0.6 is 43.2 Å². The van der Waals surface area contributed by atoms with E-state index in [-0.39, 0.29) is 0 Å². The molecule has 0 saturated heterocycles. The first-order valence-corrected chi connectivity index (χ1v) is 6.07. The molecule has 0 N–H and O–H groups in total. The maximum Gasteiger partial charge on any atom is 0.300 e. The van der Waals surface area contributed by atoms with Gasteiger partial charge in [0, 0.05) is 0 Å². The molecule has 2 aromatic rings. The fourth-order valence-electron chi connectivity index (χ4n) is 0.856. The third kappa shape index (κ3) is 2.31. The van der Waals surface area contributed by atoms with E-state index in [4.69, 9.17) is 4.74 Å². The zero-order valence-corrected chi connectivity index (χ0v) is 10.8. The summed E-state index contributed by atoms with van der Waals surface area (Å²) in [5.41, 5.74) is 0. The van der Waals surface area contributed by atoms with E-state index in [1.807, 2.05) is 24.3 Å². The first-order chi connectivity index (χ1) is 6.75. The normalized spacial score (nSPS) is 10.1. The Morgan fingerprint density at radius 2 is 1.93 bits per heavy atom. The standard InChI is InChI=1S/C8H4Br2N2OS/c9-5-3-1-2-4-6(5)13-8-12-11-7(10)14-8/h1-4H. The van der Waals surface area contributed by atoms with Gasteiger partial charge in [-0.15, -0.1) is 5.10 Å². The fourth-order valence-corrected chi connectivity index (χ4v) is 2.16. The van der Waals surface area contributed by atoms with E-state index in [1.54, 1.807) is 0 Å².